The van der Waals surface area contributed by atoms with Gasteiger partial charge in [0.05, 0.1) is 25.1 Å². The summed E-state index contributed by atoms with van der Waals surface area (Å²) >= 11 is 0. The van der Waals surface area contributed by atoms with Crippen molar-refractivity contribution < 1.29 is 23.5 Å². The number of amides is 3. The number of imidazole rings is 1. The van der Waals surface area contributed by atoms with Crippen LogP contribution in [0.2, 0.25) is 0 Å². The lowest BCUT2D eigenvalue weighted by Crippen LogP contribution is -2.56. The molecule has 3 amide bonds. The van der Waals surface area contributed by atoms with Gasteiger partial charge in [-0.2, -0.15) is 0 Å². The molecule has 1 aliphatic rings. The molecule has 13 heteroatoms. The predicted octanol–water partition coefficient (Wildman–Crippen LogP) is 4.09. The second kappa shape index (κ2) is 16.5. The summed E-state index contributed by atoms with van der Waals surface area (Å²) in [6, 6.07) is 13.5. The molecular formula is C31H41Cl2FN6O4. The predicted molar refractivity (Wildman–Crippen MR) is 171 cm³/mol. The third kappa shape index (κ3) is 9.75. The van der Waals surface area contributed by atoms with E-state index in [9.17, 15) is 18.8 Å². The molecule has 1 unspecified atom stereocenters. The Morgan fingerprint density at radius 1 is 1.07 bits per heavy atom. The molecular weight excluding hydrogens is 610 g/mol. The third-order valence-corrected chi connectivity index (χ3v) is 7.28. The zero-order valence-corrected chi connectivity index (χ0v) is 26.7. The number of hydrogen-bond acceptors (Lipinski definition) is 6. The normalized spacial score (nSPS) is 14.9. The number of likely N-dealkylation sites (tertiary alicyclic amines) is 1. The van der Waals surface area contributed by atoms with E-state index in [-0.39, 0.29) is 55.3 Å². The molecule has 2 aromatic carbocycles. The van der Waals surface area contributed by atoms with E-state index >= 15 is 0 Å². The molecule has 4 rings (SSSR count). The van der Waals surface area contributed by atoms with Crippen molar-refractivity contribution in [3.63, 3.8) is 0 Å². The summed E-state index contributed by atoms with van der Waals surface area (Å²) in [5.41, 5.74) is 5.83. The van der Waals surface area contributed by atoms with Crippen molar-refractivity contribution in [2.75, 3.05) is 25.0 Å². The van der Waals surface area contributed by atoms with Gasteiger partial charge in [0.15, 0.2) is 5.82 Å². The molecule has 0 aliphatic carbocycles. The van der Waals surface area contributed by atoms with E-state index in [1.165, 1.54) is 37.0 Å². The summed E-state index contributed by atoms with van der Waals surface area (Å²) in [7, 11) is 0. The Hall–Kier alpha value is -3.51. The zero-order chi connectivity index (χ0) is 30.3. The van der Waals surface area contributed by atoms with Gasteiger partial charge in [0.25, 0.3) is 5.91 Å². The second-order valence-corrected chi connectivity index (χ2v) is 11.4. The van der Waals surface area contributed by atoms with Crippen molar-refractivity contribution in [3.05, 3.63) is 84.1 Å². The Kier molecular flexibility index (Phi) is 13.8. The number of benzene rings is 2. The molecule has 0 saturated carbocycles. The number of anilines is 1. The van der Waals surface area contributed by atoms with Crippen LogP contribution < -0.4 is 16.4 Å². The lowest BCUT2D eigenvalue weighted by atomic mass is 9.97. The molecule has 1 aliphatic heterocycles. The molecule has 0 bridgehead atoms. The number of piperidine rings is 1. The summed E-state index contributed by atoms with van der Waals surface area (Å²) in [5.74, 6) is -1.21. The smallest absolute Gasteiger partial charge is 0.250 e. The minimum absolute atomic E-state index is 0. The van der Waals surface area contributed by atoms with Crippen LogP contribution >= 0.6 is 24.8 Å². The number of halogens is 3. The largest absolute Gasteiger partial charge is 0.374 e. The minimum Gasteiger partial charge on any atom is -0.374 e. The molecule has 4 N–H and O–H groups in total. The van der Waals surface area contributed by atoms with Crippen LogP contribution in [0.15, 0.2) is 67.1 Å². The van der Waals surface area contributed by atoms with Gasteiger partial charge in [0.2, 0.25) is 11.8 Å². The maximum Gasteiger partial charge on any atom is 0.250 e. The van der Waals surface area contributed by atoms with Gasteiger partial charge in [-0.05, 0) is 44.2 Å². The van der Waals surface area contributed by atoms with E-state index in [0.717, 1.165) is 18.4 Å². The fourth-order valence-electron chi connectivity index (χ4n) is 4.67. The Morgan fingerprint density at radius 3 is 2.34 bits per heavy atom. The Balaban J connectivity index is 0.00000337. The number of nitrogens with one attached hydrogen (secondary N) is 2. The molecule has 2 atom stereocenters. The van der Waals surface area contributed by atoms with Crippen LogP contribution in [0.5, 0.6) is 0 Å². The number of rotatable bonds is 11. The highest BCUT2D eigenvalue weighted by atomic mass is 35.5. The lowest BCUT2D eigenvalue weighted by molar-refractivity contribution is -0.135. The summed E-state index contributed by atoms with van der Waals surface area (Å²) in [4.78, 5) is 45.6. The van der Waals surface area contributed by atoms with Crippen LogP contribution in [0.1, 0.15) is 50.8 Å². The molecule has 1 saturated heterocycles. The van der Waals surface area contributed by atoms with Crippen LogP contribution in [0.25, 0.3) is 0 Å². The first-order valence-electron chi connectivity index (χ1n) is 14.1. The maximum atomic E-state index is 15.0. The zero-order valence-electron chi connectivity index (χ0n) is 25.1. The van der Waals surface area contributed by atoms with E-state index in [2.05, 4.69) is 22.5 Å². The molecule has 3 aromatic rings. The Labute approximate surface area is 269 Å². The Bertz CT molecular complexity index is 1380. The van der Waals surface area contributed by atoms with E-state index < -0.39 is 35.3 Å². The standard InChI is InChI=1S/C31H39FN6O4.2ClH/c1-21-13-15-37(16-14-21)29(40)27(23-11-7-8-12-24(23)32)38-17-26(34-20-38)36-28(39)25(35-30(41)31(2,3)33)19-42-18-22-9-5-4-6-10-22;;/h4-12,17,20-21,25,27H,13-16,18-19,33H2,1-3H3,(H,35,41)(H,36,39);2*1H/t25-,27?;;/m1../s1. The molecule has 240 valence electrons. The number of nitrogens with zero attached hydrogens (tertiary/aromatic N) is 3. The van der Waals surface area contributed by atoms with E-state index in [1.807, 2.05) is 30.3 Å². The third-order valence-electron chi connectivity index (χ3n) is 7.28. The minimum atomic E-state index is -1.22. The van der Waals surface area contributed by atoms with Gasteiger partial charge < -0.3 is 30.6 Å². The second-order valence-electron chi connectivity index (χ2n) is 11.4. The van der Waals surface area contributed by atoms with Crippen LogP contribution in [0, 0.1) is 11.7 Å². The first kappa shape index (κ1) is 36.7. The molecule has 10 nitrogen and oxygen atoms in total. The Morgan fingerprint density at radius 2 is 1.70 bits per heavy atom. The first-order valence-corrected chi connectivity index (χ1v) is 14.1. The van der Waals surface area contributed by atoms with Gasteiger partial charge in [-0.1, -0.05) is 55.5 Å². The molecule has 0 spiro atoms. The molecule has 44 heavy (non-hydrogen) atoms. The maximum absolute atomic E-state index is 15.0. The van der Waals surface area contributed by atoms with Gasteiger partial charge in [0.1, 0.15) is 17.9 Å². The number of nitrogens with two attached hydrogens (primary N) is 1. The lowest BCUT2D eigenvalue weighted by Gasteiger charge is -2.33. The van der Waals surface area contributed by atoms with Crippen molar-refractivity contribution in [1.82, 2.24) is 19.8 Å². The molecule has 2 heterocycles. The van der Waals surface area contributed by atoms with Crippen molar-refractivity contribution in [2.45, 2.75) is 57.8 Å². The highest BCUT2D eigenvalue weighted by Gasteiger charge is 2.32. The van der Waals surface area contributed by atoms with Crippen molar-refractivity contribution in [3.8, 4) is 0 Å². The summed E-state index contributed by atoms with van der Waals surface area (Å²) in [5, 5.41) is 5.33. The molecule has 1 aromatic heterocycles. The highest BCUT2D eigenvalue weighted by molar-refractivity contribution is 5.98. The average Bonchev–Trinajstić information content (AvgIpc) is 3.41. The molecule has 1 fully saturated rings. The van der Waals surface area contributed by atoms with Crippen molar-refractivity contribution in [2.24, 2.45) is 11.7 Å². The monoisotopic (exact) mass is 650 g/mol. The van der Waals surface area contributed by atoms with Crippen molar-refractivity contribution in [1.29, 1.82) is 0 Å². The van der Waals surface area contributed by atoms with Crippen LogP contribution in [0.4, 0.5) is 10.2 Å². The van der Waals surface area contributed by atoms with E-state index in [1.54, 1.807) is 23.1 Å². The number of hydrogen-bond donors (Lipinski definition) is 3. The van der Waals surface area contributed by atoms with E-state index in [4.69, 9.17) is 10.5 Å². The van der Waals surface area contributed by atoms with Gasteiger partial charge in [0, 0.05) is 24.8 Å². The highest BCUT2D eigenvalue weighted by Crippen LogP contribution is 2.27. The molecule has 0 radical (unpaired) electrons. The number of carbonyl (C=O) groups is 3. The SMILES string of the molecule is CC1CCN(C(=O)C(c2ccccc2F)n2cnc(NC(=O)[C@@H](COCc3ccccc3)NC(=O)C(C)(C)N)c2)CC1.Cl.Cl. The summed E-state index contributed by atoms with van der Waals surface area (Å²) in [6.07, 6.45) is 4.62. The number of carbonyl (C=O) groups excluding carboxylic acids is 3. The fraction of sp³-hybridized carbons (Fsp3) is 0.419. The summed E-state index contributed by atoms with van der Waals surface area (Å²) < 4.78 is 22.2. The van der Waals surface area contributed by atoms with Crippen molar-refractivity contribution >= 4 is 48.4 Å². The number of aromatic nitrogens is 2. The first-order chi connectivity index (χ1) is 20.0. The quantitative estimate of drug-likeness (QED) is 0.286. The summed E-state index contributed by atoms with van der Waals surface area (Å²) in [6.45, 7) is 6.52. The van der Waals surface area contributed by atoms with E-state index in [0.29, 0.717) is 19.0 Å². The van der Waals surface area contributed by atoms with Crippen LogP contribution in [-0.4, -0.2) is 63.4 Å². The van der Waals surface area contributed by atoms with Gasteiger partial charge in [-0.3, -0.25) is 14.4 Å². The van der Waals surface area contributed by atoms with Crippen LogP contribution in [0.3, 0.4) is 0 Å². The van der Waals surface area contributed by atoms with Gasteiger partial charge in [-0.15, -0.1) is 24.8 Å². The fourth-order valence-corrected chi connectivity index (χ4v) is 4.67. The van der Waals surface area contributed by atoms with Crippen LogP contribution in [-0.2, 0) is 25.7 Å². The average molecular weight is 652 g/mol. The van der Waals surface area contributed by atoms with Gasteiger partial charge in [-0.25, -0.2) is 9.37 Å². The van der Waals surface area contributed by atoms with Gasteiger partial charge >= 0.3 is 0 Å². The number of ether oxygens (including phenoxy) is 1. The topological polar surface area (TPSA) is 132 Å².